The molecule has 34 heavy (non-hydrogen) atoms. The Bertz CT molecular complexity index is 1220. The van der Waals surface area contributed by atoms with E-state index in [0.29, 0.717) is 40.1 Å². The van der Waals surface area contributed by atoms with E-state index in [0.717, 1.165) is 0 Å². The summed E-state index contributed by atoms with van der Waals surface area (Å²) in [6, 6.07) is 22.3. The van der Waals surface area contributed by atoms with E-state index >= 15 is 0 Å². The Kier molecular flexibility index (Phi) is 8.67. The molecule has 0 heterocycles. The summed E-state index contributed by atoms with van der Waals surface area (Å²) in [5, 5.41) is 15.3. The molecule has 2 N–H and O–H groups in total. The zero-order chi connectivity index (χ0) is 24.3. The monoisotopic (exact) mass is 475 g/mol. The van der Waals surface area contributed by atoms with Crippen LogP contribution < -0.4 is 20.1 Å². The van der Waals surface area contributed by atoms with Crippen molar-refractivity contribution >= 4 is 40.9 Å². The van der Waals surface area contributed by atoms with Crippen LogP contribution in [0.25, 0.3) is 6.08 Å². The van der Waals surface area contributed by atoms with Crippen LogP contribution in [0.5, 0.6) is 11.5 Å². The minimum atomic E-state index is -0.523. The first-order chi connectivity index (χ1) is 16.5. The third-order valence-electron chi connectivity index (χ3n) is 4.46. The Morgan fingerprint density at radius 3 is 2.26 bits per heavy atom. The SMILES string of the molecule is CCOc1ccc(NC(=O)/C(C#N)=C/c2ccc(OCC(=O)Nc3cccc(Cl)c3)cc2)cc1. The number of amides is 2. The smallest absolute Gasteiger partial charge is 0.266 e. The van der Waals surface area contributed by atoms with Crippen LogP contribution in [-0.4, -0.2) is 25.0 Å². The first-order valence-electron chi connectivity index (χ1n) is 10.4. The second kappa shape index (κ2) is 12.1. The molecule has 2 amide bonds. The number of carbonyl (C=O) groups is 2. The quantitative estimate of drug-likeness (QED) is 0.323. The predicted octanol–water partition coefficient (Wildman–Crippen LogP) is 5.30. The van der Waals surface area contributed by atoms with E-state index in [4.69, 9.17) is 21.1 Å². The topological polar surface area (TPSA) is 100 Å². The molecule has 8 heteroatoms. The number of nitrogens with one attached hydrogen (secondary N) is 2. The van der Waals surface area contributed by atoms with Gasteiger partial charge in [0.15, 0.2) is 6.61 Å². The van der Waals surface area contributed by atoms with Crippen LogP contribution in [0, 0.1) is 11.3 Å². The molecule has 7 nitrogen and oxygen atoms in total. The van der Waals surface area contributed by atoms with Gasteiger partial charge >= 0.3 is 0 Å². The summed E-state index contributed by atoms with van der Waals surface area (Å²) < 4.78 is 10.9. The van der Waals surface area contributed by atoms with Gasteiger partial charge in [0.05, 0.1) is 6.61 Å². The van der Waals surface area contributed by atoms with Gasteiger partial charge in [-0.2, -0.15) is 5.26 Å². The molecule has 0 aromatic heterocycles. The molecule has 0 aliphatic rings. The van der Waals surface area contributed by atoms with Gasteiger partial charge in [-0.3, -0.25) is 9.59 Å². The molecule has 3 aromatic carbocycles. The third kappa shape index (κ3) is 7.40. The van der Waals surface area contributed by atoms with Crippen LogP contribution in [-0.2, 0) is 9.59 Å². The Labute approximate surface area is 202 Å². The largest absolute Gasteiger partial charge is 0.494 e. The summed E-state index contributed by atoms with van der Waals surface area (Å²) in [7, 11) is 0. The normalized spacial score (nSPS) is 10.7. The van der Waals surface area contributed by atoms with Crippen molar-refractivity contribution in [3.8, 4) is 17.6 Å². The maximum absolute atomic E-state index is 12.5. The Morgan fingerprint density at radius 1 is 0.941 bits per heavy atom. The van der Waals surface area contributed by atoms with Gasteiger partial charge in [-0.05, 0) is 73.2 Å². The lowest BCUT2D eigenvalue weighted by atomic mass is 10.1. The second-order valence-corrected chi connectivity index (χ2v) is 7.43. The van der Waals surface area contributed by atoms with Crippen molar-refractivity contribution < 1.29 is 19.1 Å². The molecule has 0 aliphatic heterocycles. The number of nitriles is 1. The van der Waals surface area contributed by atoms with Crippen molar-refractivity contribution in [2.75, 3.05) is 23.8 Å². The molecule has 0 radical (unpaired) electrons. The van der Waals surface area contributed by atoms with Crippen molar-refractivity contribution in [3.63, 3.8) is 0 Å². The van der Waals surface area contributed by atoms with Crippen molar-refractivity contribution in [2.24, 2.45) is 0 Å². The number of benzene rings is 3. The number of hydrogen-bond donors (Lipinski definition) is 2. The standard InChI is InChI=1S/C26H22ClN3O4/c1-2-33-23-12-8-21(9-13-23)30-26(32)19(16-28)14-18-6-10-24(11-7-18)34-17-25(31)29-22-5-3-4-20(27)15-22/h3-15H,2,17H2,1H3,(H,29,31)(H,30,32)/b19-14+. The first-order valence-corrected chi connectivity index (χ1v) is 10.8. The minimum Gasteiger partial charge on any atom is -0.494 e. The van der Waals surface area contributed by atoms with Crippen LogP contribution >= 0.6 is 11.6 Å². The Balaban J connectivity index is 1.55. The predicted molar refractivity (Wildman–Crippen MR) is 132 cm³/mol. The summed E-state index contributed by atoms with van der Waals surface area (Å²) in [5.74, 6) is 0.310. The van der Waals surface area contributed by atoms with E-state index in [1.807, 2.05) is 13.0 Å². The van der Waals surface area contributed by atoms with Crippen LogP contribution in [0.15, 0.2) is 78.4 Å². The summed E-state index contributed by atoms with van der Waals surface area (Å²) in [5.41, 5.74) is 1.71. The summed E-state index contributed by atoms with van der Waals surface area (Å²) in [6.07, 6.45) is 1.47. The molecular weight excluding hydrogens is 454 g/mol. The van der Waals surface area contributed by atoms with Crippen LogP contribution in [0.3, 0.4) is 0 Å². The highest BCUT2D eigenvalue weighted by Gasteiger charge is 2.10. The number of ether oxygens (including phenoxy) is 2. The van der Waals surface area contributed by atoms with Gasteiger partial charge in [-0.1, -0.05) is 29.8 Å². The number of anilines is 2. The van der Waals surface area contributed by atoms with Crippen molar-refractivity contribution in [2.45, 2.75) is 6.92 Å². The maximum Gasteiger partial charge on any atom is 0.266 e. The molecule has 172 valence electrons. The highest BCUT2D eigenvalue weighted by molar-refractivity contribution is 6.30. The Hall–Kier alpha value is -4.28. The molecule has 0 atom stereocenters. The van der Waals surface area contributed by atoms with E-state index in [-0.39, 0.29) is 18.1 Å². The van der Waals surface area contributed by atoms with E-state index in [2.05, 4.69) is 10.6 Å². The number of rotatable bonds is 9. The molecule has 3 rings (SSSR count). The van der Waals surface area contributed by atoms with E-state index in [1.54, 1.807) is 72.8 Å². The van der Waals surface area contributed by atoms with Gasteiger partial charge in [-0.15, -0.1) is 0 Å². The van der Waals surface area contributed by atoms with E-state index in [1.165, 1.54) is 6.08 Å². The molecule has 0 saturated heterocycles. The zero-order valence-corrected chi connectivity index (χ0v) is 19.1. The van der Waals surface area contributed by atoms with E-state index in [9.17, 15) is 14.9 Å². The summed E-state index contributed by atoms with van der Waals surface area (Å²) in [6.45, 7) is 2.25. The number of hydrogen-bond acceptors (Lipinski definition) is 5. The molecule has 0 unspecified atom stereocenters. The summed E-state index contributed by atoms with van der Waals surface area (Å²) in [4.78, 5) is 24.5. The fourth-order valence-electron chi connectivity index (χ4n) is 2.89. The van der Waals surface area contributed by atoms with Gasteiger partial charge in [0.1, 0.15) is 23.1 Å². The third-order valence-corrected chi connectivity index (χ3v) is 4.69. The van der Waals surface area contributed by atoms with Crippen molar-refractivity contribution in [1.82, 2.24) is 0 Å². The maximum atomic E-state index is 12.5. The number of carbonyl (C=O) groups excluding carboxylic acids is 2. The fraction of sp³-hybridized carbons (Fsp3) is 0.115. The van der Waals surface area contributed by atoms with Crippen molar-refractivity contribution in [1.29, 1.82) is 5.26 Å². The van der Waals surface area contributed by atoms with Crippen LogP contribution in [0.1, 0.15) is 12.5 Å². The molecule has 0 bridgehead atoms. The number of halogens is 1. The fourth-order valence-corrected chi connectivity index (χ4v) is 3.08. The highest BCUT2D eigenvalue weighted by Crippen LogP contribution is 2.19. The van der Waals surface area contributed by atoms with Crippen molar-refractivity contribution in [3.05, 3.63) is 89.0 Å². The molecule has 0 fully saturated rings. The zero-order valence-electron chi connectivity index (χ0n) is 18.4. The minimum absolute atomic E-state index is 0.0524. The second-order valence-electron chi connectivity index (χ2n) is 7.00. The van der Waals surface area contributed by atoms with Gasteiger partial charge in [0.25, 0.3) is 11.8 Å². The van der Waals surface area contributed by atoms with Gasteiger partial charge in [0, 0.05) is 16.4 Å². The molecule has 0 spiro atoms. The van der Waals surface area contributed by atoms with Gasteiger partial charge < -0.3 is 20.1 Å². The van der Waals surface area contributed by atoms with E-state index < -0.39 is 5.91 Å². The first kappa shape index (κ1) is 24.4. The molecule has 3 aromatic rings. The molecule has 0 aliphatic carbocycles. The molecular formula is C26H22ClN3O4. The summed E-state index contributed by atoms with van der Waals surface area (Å²) >= 11 is 5.90. The molecule has 0 saturated carbocycles. The van der Waals surface area contributed by atoms with Crippen LogP contribution in [0.2, 0.25) is 5.02 Å². The van der Waals surface area contributed by atoms with Crippen LogP contribution in [0.4, 0.5) is 11.4 Å². The number of nitrogens with zero attached hydrogens (tertiary/aromatic N) is 1. The lowest BCUT2D eigenvalue weighted by Gasteiger charge is -2.08. The van der Waals surface area contributed by atoms with Gasteiger partial charge in [-0.25, -0.2) is 0 Å². The Morgan fingerprint density at radius 2 is 1.62 bits per heavy atom. The lowest BCUT2D eigenvalue weighted by molar-refractivity contribution is -0.118. The lowest BCUT2D eigenvalue weighted by Crippen LogP contribution is -2.20. The average Bonchev–Trinajstić information content (AvgIpc) is 2.83. The average molecular weight is 476 g/mol. The highest BCUT2D eigenvalue weighted by atomic mass is 35.5. The van der Waals surface area contributed by atoms with Gasteiger partial charge in [0.2, 0.25) is 0 Å².